The minimum atomic E-state index is -0.752. The third kappa shape index (κ3) is 6.66. The van der Waals surface area contributed by atoms with Gasteiger partial charge in [-0.05, 0) is 68.1 Å². The van der Waals surface area contributed by atoms with Gasteiger partial charge in [-0.3, -0.25) is 20.4 Å². The van der Waals surface area contributed by atoms with Crippen molar-refractivity contribution >= 4 is 11.8 Å². The topological polar surface area (TPSA) is 76.7 Å². The summed E-state index contributed by atoms with van der Waals surface area (Å²) >= 11 is 0. The second-order valence-corrected chi connectivity index (χ2v) is 6.41. The molecular formula is C21H26N2O4. The van der Waals surface area contributed by atoms with Crippen molar-refractivity contribution in [1.82, 2.24) is 10.9 Å². The van der Waals surface area contributed by atoms with E-state index in [0.717, 1.165) is 17.5 Å². The van der Waals surface area contributed by atoms with Crippen LogP contribution in [0, 0.1) is 13.8 Å². The van der Waals surface area contributed by atoms with Crippen LogP contribution in [0.15, 0.2) is 42.5 Å². The van der Waals surface area contributed by atoms with Gasteiger partial charge in [0.25, 0.3) is 11.8 Å². The molecule has 1 unspecified atom stereocenters. The first kappa shape index (κ1) is 20.3. The van der Waals surface area contributed by atoms with Crippen molar-refractivity contribution in [1.29, 1.82) is 0 Å². The van der Waals surface area contributed by atoms with Gasteiger partial charge in [0.2, 0.25) is 0 Å². The zero-order valence-corrected chi connectivity index (χ0v) is 16.2. The van der Waals surface area contributed by atoms with Crippen molar-refractivity contribution in [2.75, 3.05) is 6.61 Å². The highest BCUT2D eigenvalue weighted by molar-refractivity contribution is 5.85. The van der Waals surface area contributed by atoms with Crippen molar-refractivity contribution in [2.45, 2.75) is 40.2 Å². The Balaban J connectivity index is 1.75. The number of carbonyl (C=O) groups is 2. The van der Waals surface area contributed by atoms with Gasteiger partial charge < -0.3 is 9.47 Å². The lowest BCUT2D eigenvalue weighted by Gasteiger charge is -2.15. The van der Waals surface area contributed by atoms with E-state index < -0.39 is 17.9 Å². The van der Waals surface area contributed by atoms with Crippen LogP contribution in [0.4, 0.5) is 0 Å². The Bertz CT molecular complexity index is 767. The van der Waals surface area contributed by atoms with Gasteiger partial charge in [-0.25, -0.2) is 0 Å². The number of carbonyl (C=O) groups excluding carboxylic acids is 2. The van der Waals surface area contributed by atoms with E-state index in [9.17, 15) is 9.59 Å². The molecule has 6 nitrogen and oxygen atoms in total. The lowest BCUT2D eigenvalue weighted by Crippen LogP contribution is -2.48. The summed E-state index contributed by atoms with van der Waals surface area (Å²) in [6.07, 6.45) is 0.185. The Kier molecular flexibility index (Phi) is 7.23. The van der Waals surface area contributed by atoms with E-state index >= 15 is 0 Å². The molecule has 2 aromatic rings. The lowest BCUT2D eigenvalue weighted by molar-refractivity contribution is -0.133. The summed E-state index contributed by atoms with van der Waals surface area (Å²) in [6.45, 7) is 7.39. The van der Waals surface area contributed by atoms with Gasteiger partial charge in [-0.1, -0.05) is 25.1 Å². The Morgan fingerprint density at radius 2 is 1.59 bits per heavy atom. The fraction of sp³-hybridized carbons (Fsp3) is 0.333. The molecule has 6 heteroatoms. The van der Waals surface area contributed by atoms with E-state index in [1.165, 1.54) is 5.56 Å². The van der Waals surface area contributed by atoms with Crippen molar-refractivity contribution in [3.8, 4) is 11.5 Å². The van der Waals surface area contributed by atoms with E-state index in [4.69, 9.17) is 9.47 Å². The molecule has 0 aliphatic carbocycles. The van der Waals surface area contributed by atoms with Crippen LogP contribution in [0.3, 0.4) is 0 Å². The fourth-order valence-electron chi connectivity index (χ4n) is 2.50. The number of aryl methyl sites for hydroxylation is 3. The third-order valence-corrected chi connectivity index (χ3v) is 3.90. The molecule has 0 aromatic heterocycles. The summed E-state index contributed by atoms with van der Waals surface area (Å²) in [5.41, 5.74) is 7.96. The summed E-state index contributed by atoms with van der Waals surface area (Å²) in [7, 11) is 0. The van der Waals surface area contributed by atoms with Crippen molar-refractivity contribution in [3.63, 3.8) is 0 Å². The van der Waals surface area contributed by atoms with Crippen LogP contribution in [-0.2, 0) is 16.0 Å². The normalized spacial score (nSPS) is 11.4. The van der Waals surface area contributed by atoms with Crippen molar-refractivity contribution in [2.24, 2.45) is 0 Å². The fourth-order valence-corrected chi connectivity index (χ4v) is 2.50. The van der Waals surface area contributed by atoms with Gasteiger partial charge in [0.05, 0.1) is 0 Å². The monoisotopic (exact) mass is 370 g/mol. The number of nitrogens with one attached hydrogen (secondary N) is 2. The van der Waals surface area contributed by atoms with Gasteiger partial charge >= 0.3 is 0 Å². The van der Waals surface area contributed by atoms with Crippen LogP contribution in [-0.4, -0.2) is 24.5 Å². The maximum absolute atomic E-state index is 12.0. The minimum Gasteiger partial charge on any atom is -0.484 e. The summed E-state index contributed by atoms with van der Waals surface area (Å²) in [5.74, 6) is 0.303. The molecule has 2 aromatic carbocycles. The maximum atomic E-state index is 12.0. The van der Waals surface area contributed by atoms with E-state index in [0.29, 0.717) is 11.5 Å². The largest absolute Gasteiger partial charge is 0.484 e. The predicted octanol–water partition coefficient (Wildman–Crippen LogP) is 2.86. The Hall–Kier alpha value is -3.02. The lowest BCUT2D eigenvalue weighted by atomic mass is 10.1. The summed E-state index contributed by atoms with van der Waals surface area (Å²) in [5, 5.41) is 0. The number of hydrogen-bond acceptors (Lipinski definition) is 4. The van der Waals surface area contributed by atoms with Gasteiger partial charge in [0.15, 0.2) is 12.7 Å². The highest BCUT2D eigenvalue weighted by Crippen LogP contribution is 2.16. The van der Waals surface area contributed by atoms with Crippen molar-refractivity contribution in [3.05, 3.63) is 59.2 Å². The maximum Gasteiger partial charge on any atom is 0.279 e. The SMILES string of the molecule is CCc1ccc(OC(C)C(=O)NNC(=O)COc2cc(C)cc(C)c2)cc1. The number of benzene rings is 2. The van der Waals surface area contributed by atoms with Gasteiger partial charge in [-0.15, -0.1) is 0 Å². The van der Waals surface area contributed by atoms with E-state index in [-0.39, 0.29) is 6.61 Å². The predicted molar refractivity (Wildman–Crippen MR) is 104 cm³/mol. The first-order valence-electron chi connectivity index (χ1n) is 8.92. The molecule has 0 aliphatic heterocycles. The molecule has 0 saturated heterocycles. The van der Waals surface area contributed by atoms with Crippen LogP contribution in [0.25, 0.3) is 0 Å². The van der Waals surface area contributed by atoms with Gasteiger partial charge in [0, 0.05) is 0 Å². The van der Waals surface area contributed by atoms with Crippen LogP contribution in [0.5, 0.6) is 11.5 Å². The van der Waals surface area contributed by atoms with Crippen molar-refractivity contribution < 1.29 is 19.1 Å². The quantitative estimate of drug-likeness (QED) is 0.735. The number of rotatable bonds is 7. The first-order valence-corrected chi connectivity index (χ1v) is 8.92. The molecule has 2 N–H and O–H groups in total. The standard InChI is InChI=1S/C21H26N2O4/c1-5-17-6-8-18(9-7-17)27-16(4)21(25)23-22-20(24)13-26-19-11-14(2)10-15(3)12-19/h6-12,16H,5,13H2,1-4H3,(H,22,24)(H,23,25). The number of ether oxygens (including phenoxy) is 2. The van der Waals surface area contributed by atoms with Crippen LogP contribution >= 0.6 is 0 Å². The molecule has 27 heavy (non-hydrogen) atoms. The first-order chi connectivity index (χ1) is 12.9. The minimum absolute atomic E-state index is 0.198. The van der Waals surface area contributed by atoms with E-state index in [1.807, 2.05) is 56.3 Å². The molecule has 1 atom stereocenters. The molecule has 0 radical (unpaired) electrons. The molecule has 144 valence electrons. The summed E-state index contributed by atoms with van der Waals surface area (Å²) < 4.78 is 11.0. The molecule has 0 bridgehead atoms. The molecule has 2 rings (SSSR count). The summed E-state index contributed by atoms with van der Waals surface area (Å²) in [4.78, 5) is 23.9. The average Bonchev–Trinajstić information content (AvgIpc) is 2.64. The zero-order chi connectivity index (χ0) is 19.8. The zero-order valence-electron chi connectivity index (χ0n) is 16.2. The Labute approximate surface area is 159 Å². The third-order valence-electron chi connectivity index (χ3n) is 3.90. The Morgan fingerprint density at radius 1 is 0.963 bits per heavy atom. The second kappa shape index (κ2) is 9.62. The molecule has 2 amide bonds. The number of hydrogen-bond donors (Lipinski definition) is 2. The molecule has 0 aliphatic rings. The van der Waals surface area contributed by atoms with E-state index in [2.05, 4.69) is 17.8 Å². The highest BCUT2D eigenvalue weighted by atomic mass is 16.5. The van der Waals surface area contributed by atoms with Crippen LogP contribution < -0.4 is 20.3 Å². The van der Waals surface area contributed by atoms with Crippen LogP contribution in [0.1, 0.15) is 30.5 Å². The Morgan fingerprint density at radius 3 is 2.19 bits per heavy atom. The smallest absolute Gasteiger partial charge is 0.279 e. The van der Waals surface area contributed by atoms with E-state index in [1.54, 1.807) is 6.92 Å². The molecule has 0 fully saturated rings. The molecule has 0 saturated carbocycles. The van der Waals surface area contributed by atoms with Gasteiger partial charge in [0.1, 0.15) is 11.5 Å². The van der Waals surface area contributed by atoms with Gasteiger partial charge in [-0.2, -0.15) is 0 Å². The molecular weight excluding hydrogens is 344 g/mol. The average molecular weight is 370 g/mol. The van der Waals surface area contributed by atoms with Crippen LogP contribution in [0.2, 0.25) is 0 Å². The summed E-state index contributed by atoms with van der Waals surface area (Å²) in [6, 6.07) is 13.2. The second-order valence-electron chi connectivity index (χ2n) is 6.41. The molecule has 0 heterocycles. The molecule has 0 spiro atoms. The number of hydrazine groups is 1. The number of amides is 2. The highest BCUT2D eigenvalue weighted by Gasteiger charge is 2.15.